The fraction of sp³-hybridized carbons (Fsp3) is 0.263. The number of carbonyl (C=O) groups is 1. The maximum Gasteiger partial charge on any atom is 0.418 e. The van der Waals surface area contributed by atoms with Crippen molar-refractivity contribution in [2.45, 2.75) is 24.2 Å². The SMILES string of the molecule is O=C(NC1=N[C@@](c2cccc(Br)c2)(C(F)(F)F)[C@H]2C[C@H]2O1)c1ccccc1. The summed E-state index contributed by atoms with van der Waals surface area (Å²) in [5.74, 6) is -1.39. The highest BCUT2D eigenvalue weighted by atomic mass is 79.9. The highest BCUT2D eigenvalue weighted by molar-refractivity contribution is 9.10. The molecule has 0 saturated heterocycles. The molecule has 140 valence electrons. The number of carbonyl (C=O) groups excluding carboxylic acids is 1. The van der Waals surface area contributed by atoms with E-state index in [9.17, 15) is 18.0 Å². The molecule has 0 aromatic heterocycles. The Balaban J connectivity index is 1.75. The van der Waals surface area contributed by atoms with Gasteiger partial charge in [0.25, 0.3) is 11.9 Å². The van der Waals surface area contributed by atoms with Gasteiger partial charge in [-0.1, -0.05) is 46.3 Å². The quantitative estimate of drug-likeness (QED) is 0.754. The fourth-order valence-corrected chi connectivity index (χ4v) is 3.81. The molecule has 1 aliphatic carbocycles. The lowest BCUT2D eigenvalue weighted by Gasteiger charge is -2.36. The molecule has 1 fully saturated rings. The van der Waals surface area contributed by atoms with Crippen LogP contribution in [0.1, 0.15) is 22.3 Å². The summed E-state index contributed by atoms with van der Waals surface area (Å²) in [4.78, 5) is 16.2. The van der Waals surface area contributed by atoms with E-state index in [1.165, 1.54) is 18.2 Å². The number of hydrogen-bond acceptors (Lipinski definition) is 3. The van der Waals surface area contributed by atoms with Crippen LogP contribution in [0.15, 0.2) is 64.1 Å². The van der Waals surface area contributed by atoms with Gasteiger partial charge in [-0.15, -0.1) is 0 Å². The summed E-state index contributed by atoms with van der Waals surface area (Å²) >= 11 is 3.22. The molecule has 4 rings (SSSR count). The Morgan fingerprint density at radius 1 is 1.19 bits per heavy atom. The Hall–Kier alpha value is -2.35. The normalized spacial score (nSPS) is 26.4. The van der Waals surface area contributed by atoms with Crippen LogP contribution < -0.4 is 5.32 Å². The van der Waals surface area contributed by atoms with Gasteiger partial charge in [0.2, 0.25) is 0 Å². The highest BCUT2D eigenvalue weighted by Crippen LogP contribution is 2.60. The smallest absolute Gasteiger partial charge is 0.418 e. The van der Waals surface area contributed by atoms with Crippen LogP contribution in [0.4, 0.5) is 13.2 Å². The second kappa shape index (κ2) is 6.37. The minimum Gasteiger partial charge on any atom is -0.461 e. The first-order chi connectivity index (χ1) is 12.8. The van der Waals surface area contributed by atoms with Gasteiger partial charge in [0.1, 0.15) is 6.10 Å². The minimum absolute atomic E-state index is 0.0200. The molecule has 0 spiro atoms. The Morgan fingerprint density at radius 2 is 1.93 bits per heavy atom. The Kier molecular flexibility index (Phi) is 4.25. The van der Waals surface area contributed by atoms with E-state index in [1.807, 2.05) is 0 Å². The lowest BCUT2D eigenvalue weighted by molar-refractivity contribution is -0.200. The monoisotopic (exact) mass is 438 g/mol. The van der Waals surface area contributed by atoms with Crippen molar-refractivity contribution in [3.05, 3.63) is 70.2 Å². The van der Waals surface area contributed by atoms with E-state index in [-0.39, 0.29) is 12.0 Å². The first kappa shape index (κ1) is 18.0. The molecule has 1 saturated carbocycles. The molecule has 8 heteroatoms. The van der Waals surface area contributed by atoms with Gasteiger partial charge < -0.3 is 4.74 Å². The molecule has 0 radical (unpaired) electrons. The number of amidine groups is 1. The molecule has 0 unspecified atom stereocenters. The van der Waals surface area contributed by atoms with Crippen LogP contribution in [0.2, 0.25) is 0 Å². The van der Waals surface area contributed by atoms with Crippen LogP contribution in [0.25, 0.3) is 0 Å². The van der Waals surface area contributed by atoms with E-state index in [1.54, 1.807) is 36.4 Å². The summed E-state index contributed by atoms with van der Waals surface area (Å²) in [5, 5.41) is 2.38. The van der Waals surface area contributed by atoms with Crippen LogP contribution in [0.5, 0.6) is 0 Å². The van der Waals surface area contributed by atoms with Crippen molar-refractivity contribution >= 4 is 27.9 Å². The van der Waals surface area contributed by atoms with Gasteiger partial charge >= 0.3 is 6.18 Å². The Bertz CT molecular complexity index is 917. The highest BCUT2D eigenvalue weighted by Gasteiger charge is 2.71. The van der Waals surface area contributed by atoms with E-state index in [4.69, 9.17) is 4.74 Å². The number of benzene rings is 2. The Morgan fingerprint density at radius 3 is 2.59 bits per heavy atom. The van der Waals surface area contributed by atoms with E-state index in [0.29, 0.717) is 10.0 Å². The van der Waals surface area contributed by atoms with Crippen molar-refractivity contribution < 1.29 is 22.7 Å². The maximum atomic E-state index is 14.2. The lowest BCUT2D eigenvalue weighted by Crippen LogP contribution is -2.49. The number of aliphatic imine (C=N–C) groups is 1. The number of rotatable bonds is 2. The van der Waals surface area contributed by atoms with Crippen molar-refractivity contribution in [2.24, 2.45) is 10.9 Å². The van der Waals surface area contributed by atoms with Gasteiger partial charge in [0, 0.05) is 16.0 Å². The van der Waals surface area contributed by atoms with Crippen molar-refractivity contribution in [1.82, 2.24) is 5.32 Å². The third-order valence-electron chi connectivity index (χ3n) is 4.76. The number of nitrogens with one attached hydrogen (secondary N) is 1. The maximum absolute atomic E-state index is 14.2. The van der Waals surface area contributed by atoms with Gasteiger partial charge in [0.15, 0.2) is 5.54 Å². The number of fused-ring (bicyclic) bond motifs is 1. The molecular formula is C19H14BrF3N2O2. The number of alkyl halides is 3. The van der Waals surface area contributed by atoms with Crippen molar-refractivity contribution in [3.63, 3.8) is 0 Å². The van der Waals surface area contributed by atoms with E-state index >= 15 is 0 Å². The average Bonchev–Trinajstić information content (AvgIpc) is 3.40. The van der Waals surface area contributed by atoms with Crippen molar-refractivity contribution in [1.29, 1.82) is 0 Å². The van der Waals surface area contributed by atoms with Gasteiger partial charge in [-0.3, -0.25) is 10.1 Å². The zero-order chi connectivity index (χ0) is 19.2. The molecule has 4 nitrogen and oxygen atoms in total. The van der Waals surface area contributed by atoms with Crippen LogP contribution in [0.3, 0.4) is 0 Å². The number of halogens is 4. The molecule has 1 N–H and O–H groups in total. The summed E-state index contributed by atoms with van der Waals surface area (Å²) in [6, 6.07) is 13.8. The predicted molar refractivity (Wildman–Crippen MR) is 96.2 cm³/mol. The van der Waals surface area contributed by atoms with E-state index < -0.39 is 35.7 Å². The fourth-order valence-electron chi connectivity index (χ4n) is 3.41. The molecule has 1 amide bonds. The summed E-state index contributed by atoms with van der Waals surface area (Å²) in [6.45, 7) is 0. The van der Waals surface area contributed by atoms with Crippen molar-refractivity contribution in [2.75, 3.05) is 0 Å². The minimum atomic E-state index is -4.64. The number of amides is 1. The van der Waals surface area contributed by atoms with Crippen LogP contribution in [0, 0.1) is 5.92 Å². The first-order valence-corrected chi connectivity index (χ1v) is 9.06. The number of hydrogen-bond donors (Lipinski definition) is 1. The van der Waals surface area contributed by atoms with Crippen LogP contribution >= 0.6 is 15.9 Å². The molecule has 2 aromatic carbocycles. The van der Waals surface area contributed by atoms with Crippen LogP contribution in [-0.2, 0) is 10.3 Å². The zero-order valence-corrected chi connectivity index (χ0v) is 15.4. The summed E-state index contributed by atoms with van der Waals surface area (Å²) in [5.41, 5.74) is -2.12. The molecule has 0 bridgehead atoms. The third-order valence-corrected chi connectivity index (χ3v) is 5.26. The van der Waals surface area contributed by atoms with Gasteiger partial charge in [-0.25, -0.2) is 4.99 Å². The van der Waals surface area contributed by atoms with Crippen LogP contribution in [-0.4, -0.2) is 24.2 Å². The van der Waals surface area contributed by atoms with E-state index in [2.05, 4.69) is 26.2 Å². The first-order valence-electron chi connectivity index (χ1n) is 8.27. The third kappa shape index (κ3) is 3.12. The average molecular weight is 439 g/mol. The largest absolute Gasteiger partial charge is 0.461 e. The van der Waals surface area contributed by atoms with E-state index in [0.717, 1.165) is 0 Å². The predicted octanol–water partition coefficient (Wildman–Crippen LogP) is 4.41. The molecule has 2 aromatic rings. The molecule has 3 atom stereocenters. The number of nitrogens with zero attached hydrogens (tertiary/aromatic N) is 1. The van der Waals surface area contributed by atoms with Gasteiger partial charge in [-0.2, -0.15) is 13.2 Å². The second-order valence-electron chi connectivity index (χ2n) is 6.51. The lowest BCUT2D eigenvalue weighted by atomic mass is 9.84. The summed E-state index contributed by atoms with van der Waals surface area (Å²) < 4.78 is 48.7. The second-order valence-corrected chi connectivity index (χ2v) is 7.43. The molecular weight excluding hydrogens is 425 g/mol. The van der Waals surface area contributed by atoms with Gasteiger partial charge in [0.05, 0.1) is 0 Å². The summed E-state index contributed by atoms with van der Waals surface area (Å²) in [7, 11) is 0. The zero-order valence-electron chi connectivity index (χ0n) is 13.8. The standard InChI is InChI=1S/C19H14BrF3N2O2/c20-13-8-4-7-12(9-13)18(19(21,22)23)14-10-15(14)27-17(25-18)24-16(26)11-5-2-1-3-6-11/h1-9,14-15H,10H2,(H,24,25,26)/t14-,15+,18+/m0/s1. The van der Waals surface area contributed by atoms with Gasteiger partial charge in [-0.05, 0) is 36.2 Å². The molecule has 1 heterocycles. The Labute approximate surface area is 161 Å². The summed E-state index contributed by atoms with van der Waals surface area (Å²) in [6.07, 6.45) is -5.05. The number of ether oxygens (including phenoxy) is 1. The molecule has 1 aliphatic heterocycles. The van der Waals surface area contributed by atoms with Crippen molar-refractivity contribution in [3.8, 4) is 0 Å². The molecule has 27 heavy (non-hydrogen) atoms. The molecule has 2 aliphatic rings. The topological polar surface area (TPSA) is 50.7 Å².